The first-order chi connectivity index (χ1) is 6.49. The lowest BCUT2D eigenvalue weighted by Crippen LogP contribution is -2.61. The average molecular weight is 207 g/mol. The van der Waals surface area contributed by atoms with Crippen LogP contribution in [0.4, 0.5) is 0 Å². The fourth-order valence-electron chi connectivity index (χ4n) is 1.34. The summed E-state index contributed by atoms with van der Waals surface area (Å²) in [5.41, 5.74) is 4.88. The van der Waals surface area contributed by atoms with Crippen molar-refractivity contribution in [3.63, 3.8) is 0 Å². The molecule has 0 saturated carbocycles. The summed E-state index contributed by atoms with van der Waals surface area (Å²) < 4.78 is 9.36. The highest BCUT2D eigenvalue weighted by atomic mass is 16.7. The molecule has 1 fully saturated rings. The smallest absolute Gasteiger partial charge is 0.249 e. The van der Waals surface area contributed by atoms with Crippen LogP contribution in [0.5, 0.6) is 0 Å². The van der Waals surface area contributed by atoms with E-state index in [1.165, 1.54) is 7.11 Å². The van der Waals surface area contributed by atoms with Gasteiger partial charge in [0, 0.05) is 7.11 Å². The number of carbonyl (C=O) groups is 1. The van der Waals surface area contributed by atoms with E-state index in [-0.39, 0.29) is 0 Å². The molecule has 0 bridgehead atoms. The van der Waals surface area contributed by atoms with Crippen LogP contribution in [0.1, 0.15) is 0 Å². The number of nitrogens with two attached hydrogens (primary N) is 1. The number of ether oxygens (including phenoxy) is 2. The molecule has 14 heavy (non-hydrogen) atoms. The largest absolute Gasteiger partial charge is 0.387 e. The summed E-state index contributed by atoms with van der Waals surface area (Å²) in [5, 5.41) is 28.0. The topological polar surface area (TPSA) is 122 Å². The quantitative estimate of drug-likeness (QED) is 0.381. The van der Waals surface area contributed by atoms with Crippen LogP contribution in [0.25, 0.3) is 0 Å². The molecule has 1 saturated heterocycles. The summed E-state index contributed by atoms with van der Waals surface area (Å²) in [7, 11) is 1.23. The zero-order valence-corrected chi connectivity index (χ0v) is 7.53. The van der Waals surface area contributed by atoms with Crippen molar-refractivity contribution in [3.05, 3.63) is 0 Å². The van der Waals surface area contributed by atoms with E-state index < -0.39 is 36.6 Å². The molecular weight excluding hydrogens is 194 g/mol. The third-order valence-electron chi connectivity index (χ3n) is 2.12. The monoisotopic (exact) mass is 207 g/mol. The highest BCUT2D eigenvalue weighted by Crippen LogP contribution is 2.21. The van der Waals surface area contributed by atoms with Crippen molar-refractivity contribution in [1.82, 2.24) is 0 Å². The molecule has 0 aromatic rings. The van der Waals surface area contributed by atoms with Gasteiger partial charge in [0.15, 0.2) is 12.4 Å². The van der Waals surface area contributed by atoms with E-state index in [1.54, 1.807) is 0 Å². The molecule has 1 aliphatic rings. The second kappa shape index (κ2) is 4.20. The standard InChI is InChI=1S/C7H13NO6/c1-13-5-3(10)2(9)4(6(8)11)14-7(5)12/h2-5,7,9-10,12H,1H3,(H2,8,11)/t2-,3-,4-,5+,7-/m0/s1. The van der Waals surface area contributed by atoms with Crippen molar-refractivity contribution >= 4 is 5.91 Å². The maximum Gasteiger partial charge on any atom is 0.249 e. The number of aliphatic hydroxyl groups is 3. The zero-order valence-electron chi connectivity index (χ0n) is 7.53. The van der Waals surface area contributed by atoms with Gasteiger partial charge in [-0.3, -0.25) is 4.79 Å². The van der Waals surface area contributed by atoms with Gasteiger partial charge in [-0.05, 0) is 0 Å². The molecule has 7 heteroatoms. The number of methoxy groups -OCH3 is 1. The van der Waals surface area contributed by atoms with Crippen molar-refractivity contribution in [2.45, 2.75) is 30.7 Å². The summed E-state index contributed by atoms with van der Waals surface area (Å²) in [4.78, 5) is 10.7. The highest BCUT2D eigenvalue weighted by molar-refractivity contribution is 5.79. The Morgan fingerprint density at radius 3 is 2.36 bits per heavy atom. The molecule has 0 aromatic carbocycles. The Kier molecular flexibility index (Phi) is 3.40. The summed E-state index contributed by atoms with van der Waals surface area (Å²) >= 11 is 0. The molecule has 82 valence electrons. The molecule has 0 aliphatic carbocycles. The van der Waals surface area contributed by atoms with Crippen molar-refractivity contribution in [2.24, 2.45) is 5.73 Å². The minimum Gasteiger partial charge on any atom is -0.387 e. The van der Waals surface area contributed by atoms with Crippen LogP contribution in [0.2, 0.25) is 0 Å². The fourth-order valence-corrected chi connectivity index (χ4v) is 1.34. The van der Waals surface area contributed by atoms with Crippen LogP contribution in [-0.4, -0.2) is 59.0 Å². The van der Waals surface area contributed by atoms with Crippen molar-refractivity contribution in [1.29, 1.82) is 0 Å². The number of hydrogen-bond donors (Lipinski definition) is 4. The normalized spacial score (nSPS) is 43.6. The predicted molar refractivity (Wildman–Crippen MR) is 42.9 cm³/mol. The van der Waals surface area contributed by atoms with Gasteiger partial charge in [-0.1, -0.05) is 0 Å². The molecule has 1 rings (SSSR count). The lowest BCUT2D eigenvalue weighted by Gasteiger charge is -2.38. The molecule has 1 heterocycles. The third-order valence-corrected chi connectivity index (χ3v) is 2.12. The van der Waals surface area contributed by atoms with Crippen LogP contribution in [0.3, 0.4) is 0 Å². The minimum atomic E-state index is -1.50. The number of amides is 1. The second-order valence-electron chi connectivity index (χ2n) is 3.03. The Hall–Kier alpha value is -0.730. The molecule has 0 radical (unpaired) electrons. The van der Waals surface area contributed by atoms with Crippen molar-refractivity contribution in [3.8, 4) is 0 Å². The molecule has 1 amide bonds. The molecule has 7 nitrogen and oxygen atoms in total. The number of aliphatic hydroxyl groups excluding tert-OH is 3. The second-order valence-corrected chi connectivity index (χ2v) is 3.03. The van der Waals surface area contributed by atoms with Gasteiger partial charge in [-0.15, -0.1) is 0 Å². The molecule has 0 spiro atoms. The van der Waals surface area contributed by atoms with Gasteiger partial charge in [-0.2, -0.15) is 0 Å². The van der Waals surface area contributed by atoms with Gasteiger partial charge in [-0.25, -0.2) is 0 Å². The van der Waals surface area contributed by atoms with Gasteiger partial charge >= 0.3 is 0 Å². The van der Waals surface area contributed by atoms with Crippen LogP contribution in [0, 0.1) is 0 Å². The van der Waals surface area contributed by atoms with Gasteiger partial charge < -0.3 is 30.5 Å². The van der Waals surface area contributed by atoms with Gasteiger partial charge in [0.25, 0.3) is 0 Å². The zero-order chi connectivity index (χ0) is 10.9. The molecule has 1 aliphatic heterocycles. The average Bonchev–Trinajstić information content (AvgIpc) is 2.12. The number of carbonyl (C=O) groups excluding carboxylic acids is 1. The predicted octanol–water partition coefficient (Wildman–Crippen LogP) is -3.07. The van der Waals surface area contributed by atoms with E-state index in [1.807, 2.05) is 0 Å². The Morgan fingerprint density at radius 1 is 1.36 bits per heavy atom. The van der Waals surface area contributed by atoms with Crippen molar-refractivity contribution < 1.29 is 29.6 Å². The first-order valence-electron chi connectivity index (χ1n) is 4.00. The highest BCUT2D eigenvalue weighted by Gasteiger charge is 2.46. The molecular formula is C7H13NO6. The van der Waals surface area contributed by atoms with Gasteiger partial charge in [0.2, 0.25) is 5.91 Å². The van der Waals surface area contributed by atoms with Crippen LogP contribution < -0.4 is 5.73 Å². The van der Waals surface area contributed by atoms with E-state index >= 15 is 0 Å². The lowest BCUT2D eigenvalue weighted by molar-refractivity contribution is -0.280. The molecule has 0 aromatic heterocycles. The van der Waals surface area contributed by atoms with E-state index in [4.69, 9.17) is 5.73 Å². The lowest BCUT2D eigenvalue weighted by atomic mass is 9.98. The Morgan fingerprint density at radius 2 is 1.93 bits per heavy atom. The molecule has 5 N–H and O–H groups in total. The summed E-state index contributed by atoms with van der Waals surface area (Å²) in [6, 6.07) is 0. The van der Waals surface area contributed by atoms with E-state index in [0.29, 0.717) is 0 Å². The first-order valence-corrected chi connectivity index (χ1v) is 4.00. The summed E-state index contributed by atoms with van der Waals surface area (Å²) in [5.74, 6) is -0.954. The SMILES string of the molecule is CO[C@@H]1[C@@H](O)[C@H](O)[C@@H](C(N)=O)O[C@@H]1O. The maximum atomic E-state index is 10.7. The summed E-state index contributed by atoms with van der Waals surface area (Å²) in [6.45, 7) is 0. The molecule has 0 unspecified atom stereocenters. The Labute approximate surface area is 80.0 Å². The first kappa shape index (κ1) is 11.3. The number of rotatable bonds is 2. The number of hydrogen-bond acceptors (Lipinski definition) is 6. The van der Waals surface area contributed by atoms with E-state index in [2.05, 4.69) is 9.47 Å². The summed E-state index contributed by atoms with van der Waals surface area (Å²) in [6.07, 6.45) is -6.93. The van der Waals surface area contributed by atoms with Crippen molar-refractivity contribution in [2.75, 3.05) is 7.11 Å². The van der Waals surface area contributed by atoms with E-state index in [0.717, 1.165) is 0 Å². The maximum absolute atomic E-state index is 10.7. The molecule has 5 atom stereocenters. The fraction of sp³-hybridized carbons (Fsp3) is 0.857. The van der Waals surface area contributed by atoms with Gasteiger partial charge in [0.05, 0.1) is 0 Å². The number of primary amides is 1. The Balaban J connectivity index is 2.77. The van der Waals surface area contributed by atoms with Crippen LogP contribution >= 0.6 is 0 Å². The van der Waals surface area contributed by atoms with Crippen LogP contribution in [0.15, 0.2) is 0 Å². The van der Waals surface area contributed by atoms with E-state index in [9.17, 15) is 20.1 Å². The Bertz CT molecular complexity index is 222. The van der Waals surface area contributed by atoms with Gasteiger partial charge in [0.1, 0.15) is 18.3 Å². The third kappa shape index (κ3) is 1.86. The minimum absolute atomic E-state index is 0.954. The van der Waals surface area contributed by atoms with Crippen LogP contribution in [-0.2, 0) is 14.3 Å².